The van der Waals surface area contributed by atoms with Crippen molar-refractivity contribution in [3.05, 3.63) is 29.1 Å². The molecule has 0 bridgehead atoms. The summed E-state index contributed by atoms with van der Waals surface area (Å²) in [5.41, 5.74) is 1.47. The van der Waals surface area contributed by atoms with Crippen molar-refractivity contribution in [3.63, 3.8) is 0 Å². The molecule has 0 spiro atoms. The fourth-order valence-corrected chi connectivity index (χ4v) is 5.52. The molecule has 0 aliphatic heterocycles. The van der Waals surface area contributed by atoms with Crippen LogP contribution in [0.2, 0.25) is 5.02 Å². The summed E-state index contributed by atoms with van der Waals surface area (Å²) in [4.78, 5) is 28.6. The van der Waals surface area contributed by atoms with Crippen LogP contribution < -0.4 is 10.0 Å². The van der Waals surface area contributed by atoms with Gasteiger partial charge in [-0.25, -0.2) is 13.4 Å². The van der Waals surface area contributed by atoms with Gasteiger partial charge in [0.15, 0.2) is 11.5 Å². The van der Waals surface area contributed by atoms with E-state index < -0.39 is 15.9 Å². The van der Waals surface area contributed by atoms with Gasteiger partial charge in [-0.3, -0.25) is 14.3 Å². The molecule has 2 aliphatic carbocycles. The van der Waals surface area contributed by atoms with Crippen LogP contribution in [0.15, 0.2) is 22.6 Å². The number of sulfonamides is 1. The summed E-state index contributed by atoms with van der Waals surface area (Å²) in [7, 11) is -3.69. The first-order chi connectivity index (χ1) is 15.3. The van der Waals surface area contributed by atoms with E-state index in [9.17, 15) is 18.0 Å². The molecule has 2 aliphatic rings. The van der Waals surface area contributed by atoms with E-state index in [-0.39, 0.29) is 42.4 Å². The van der Waals surface area contributed by atoms with Gasteiger partial charge in [-0.2, -0.15) is 0 Å². The molecule has 1 heterocycles. The second kappa shape index (κ2) is 9.79. The molecular weight excluding hydrogens is 454 g/mol. The lowest BCUT2D eigenvalue weighted by Crippen LogP contribution is -2.40. The van der Waals surface area contributed by atoms with Crippen molar-refractivity contribution in [3.8, 4) is 0 Å². The zero-order valence-corrected chi connectivity index (χ0v) is 19.4. The van der Waals surface area contributed by atoms with Crippen LogP contribution in [0.5, 0.6) is 0 Å². The van der Waals surface area contributed by atoms with Gasteiger partial charge in [-0.05, 0) is 63.1 Å². The van der Waals surface area contributed by atoms with Crippen molar-refractivity contribution >= 4 is 44.5 Å². The van der Waals surface area contributed by atoms with Crippen LogP contribution in [0.3, 0.4) is 0 Å². The maximum atomic E-state index is 12.2. The maximum absolute atomic E-state index is 12.2. The van der Waals surface area contributed by atoms with E-state index in [1.54, 1.807) is 12.1 Å². The van der Waals surface area contributed by atoms with Crippen molar-refractivity contribution in [2.45, 2.75) is 69.7 Å². The average Bonchev–Trinajstić information content (AvgIpc) is 3.09. The molecule has 0 unspecified atom stereocenters. The van der Waals surface area contributed by atoms with Crippen LogP contribution in [-0.2, 0) is 19.6 Å². The molecule has 32 heavy (non-hydrogen) atoms. The summed E-state index contributed by atoms with van der Waals surface area (Å²) in [5, 5.41) is 3.62. The highest BCUT2D eigenvalue weighted by atomic mass is 35.5. The number of aromatic nitrogens is 1. The number of nitrogens with zero attached hydrogens (tertiary/aromatic N) is 1. The first-order valence-corrected chi connectivity index (χ1v) is 13.2. The number of fused-ring (bicyclic) bond motifs is 1. The number of halogens is 1. The van der Waals surface area contributed by atoms with Gasteiger partial charge in [-0.1, -0.05) is 18.0 Å². The Morgan fingerprint density at radius 3 is 2.56 bits per heavy atom. The highest BCUT2D eigenvalue weighted by molar-refractivity contribution is 7.90. The number of nitrogens with one attached hydrogen (secondary N) is 2. The molecule has 4 rings (SSSR count). The van der Waals surface area contributed by atoms with Crippen LogP contribution in [0.25, 0.3) is 11.1 Å². The van der Waals surface area contributed by atoms with E-state index in [2.05, 4.69) is 15.0 Å². The van der Waals surface area contributed by atoms with Gasteiger partial charge >= 0.3 is 0 Å². The Hall–Kier alpha value is -2.13. The fraction of sp³-hybridized carbons (Fsp3) is 0.591. The summed E-state index contributed by atoms with van der Waals surface area (Å²) in [6, 6.07) is 5.44. The molecule has 0 radical (unpaired) electrons. The van der Waals surface area contributed by atoms with Crippen LogP contribution in [0.4, 0.5) is 0 Å². The van der Waals surface area contributed by atoms with Crippen LogP contribution in [0.1, 0.15) is 69.6 Å². The number of oxazole rings is 1. The maximum Gasteiger partial charge on any atom is 0.236 e. The van der Waals surface area contributed by atoms with E-state index in [0.717, 1.165) is 56.0 Å². The minimum absolute atomic E-state index is 0.0625. The molecule has 2 aromatic rings. The fourth-order valence-electron chi connectivity index (χ4n) is 4.26. The van der Waals surface area contributed by atoms with Crippen LogP contribution in [-0.4, -0.2) is 37.0 Å². The van der Waals surface area contributed by atoms with Crippen LogP contribution >= 0.6 is 11.6 Å². The van der Waals surface area contributed by atoms with Crippen molar-refractivity contribution < 1.29 is 22.4 Å². The molecule has 1 aromatic carbocycles. The second-order valence-corrected chi connectivity index (χ2v) is 11.1. The van der Waals surface area contributed by atoms with Gasteiger partial charge in [0.25, 0.3) is 0 Å². The molecule has 8 nitrogen and oxygen atoms in total. The highest BCUT2D eigenvalue weighted by Crippen LogP contribution is 2.34. The zero-order valence-electron chi connectivity index (χ0n) is 17.8. The quantitative estimate of drug-likeness (QED) is 0.594. The highest BCUT2D eigenvalue weighted by Gasteiger charge is 2.29. The minimum Gasteiger partial charge on any atom is -0.440 e. The number of benzene rings is 1. The van der Waals surface area contributed by atoms with Crippen LogP contribution in [0, 0.1) is 5.92 Å². The third-order valence-electron chi connectivity index (χ3n) is 6.36. The summed E-state index contributed by atoms with van der Waals surface area (Å²) < 4.78 is 32.0. The normalized spacial score (nSPS) is 21.8. The van der Waals surface area contributed by atoms with Gasteiger partial charge in [0.1, 0.15) is 5.52 Å². The zero-order chi connectivity index (χ0) is 22.7. The molecule has 2 fully saturated rings. The first-order valence-electron chi connectivity index (χ1n) is 11.2. The summed E-state index contributed by atoms with van der Waals surface area (Å²) >= 11 is 6.01. The Balaban J connectivity index is 1.17. The van der Waals surface area contributed by atoms with Crippen molar-refractivity contribution in [1.82, 2.24) is 15.0 Å². The van der Waals surface area contributed by atoms with E-state index in [1.165, 1.54) is 0 Å². The number of carbonyl (C=O) groups is 2. The summed E-state index contributed by atoms with van der Waals surface area (Å²) in [5.74, 6) is -0.0754. The van der Waals surface area contributed by atoms with Gasteiger partial charge in [0.2, 0.25) is 21.8 Å². The SMILES string of the molecule is O=C(CCCS(=O)(=O)NC(=O)C1CCC1)NC1CCC(c2nc3cc(Cl)ccc3o2)CC1. The molecule has 174 valence electrons. The Morgan fingerprint density at radius 2 is 1.88 bits per heavy atom. The number of hydrogen-bond acceptors (Lipinski definition) is 6. The molecule has 2 N–H and O–H groups in total. The predicted octanol–water partition coefficient (Wildman–Crippen LogP) is 3.65. The molecule has 2 saturated carbocycles. The molecule has 1 aromatic heterocycles. The Labute approximate surface area is 192 Å². The number of hydrogen-bond donors (Lipinski definition) is 2. The average molecular weight is 482 g/mol. The predicted molar refractivity (Wildman–Crippen MR) is 121 cm³/mol. The van der Waals surface area contributed by atoms with E-state index >= 15 is 0 Å². The Morgan fingerprint density at radius 1 is 1.12 bits per heavy atom. The van der Waals surface area contributed by atoms with Gasteiger partial charge < -0.3 is 9.73 Å². The molecule has 0 atom stereocenters. The van der Waals surface area contributed by atoms with Gasteiger partial charge in [-0.15, -0.1) is 0 Å². The van der Waals surface area contributed by atoms with E-state index in [1.807, 2.05) is 6.07 Å². The van der Waals surface area contributed by atoms with E-state index in [4.69, 9.17) is 16.0 Å². The van der Waals surface area contributed by atoms with Gasteiger partial charge in [0.05, 0.1) is 5.75 Å². The summed E-state index contributed by atoms with van der Waals surface area (Å²) in [6.45, 7) is 0. The minimum atomic E-state index is -3.69. The number of amides is 2. The molecule has 2 amide bonds. The largest absolute Gasteiger partial charge is 0.440 e. The lowest BCUT2D eigenvalue weighted by Gasteiger charge is -2.27. The second-order valence-electron chi connectivity index (χ2n) is 8.80. The van der Waals surface area contributed by atoms with Gasteiger partial charge in [0, 0.05) is 29.3 Å². The lowest BCUT2D eigenvalue weighted by molar-refractivity contribution is -0.125. The lowest BCUT2D eigenvalue weighted by atomic mass is 9.85. The van der Waals surface area contributed by atoms with Crippen molar-refractivity contribution in [1.29, 1.82) is 0 Å². The molecular formula is C22H28ClN3O5S. The Kier molecular flexibility index (Phi) is 7.05. The third-order valence-corrected chi connectivity index (χ3v) is 7.93. The first kappa shape index (κ1) is 23.0. The number of carbonyl (C=O) groups excluding carboxylic acids is 2. The number of rotatable bonds is 8. The summed E-state index contributed by atoms with van der Waals surface area (Å²) in [6.07, 6.45) is 6.07. The topological polar surface area (TPSA) is 118 Å². The molecule has 10 heteroatoms. The monoisotopic (exact) mass is 481 g/mol. The van der Waals surface area contributed by atoms with Crippen molar-refractivity contribution in [2.75, 3.05) is 5.75 Å². The third kappa shape index (κ3) is 5.81. The van der Waals surface area contributed by atoms with Crippen molar-refractivity contribution in [2.24, 2.45) is 5.92 Å². The molecule has 0 saturated heterocycles. The van der Waals surface area contributed by atoms with E-state index in [0.29, 0.717) is 10.9 Å². The Bertz CT molecular complexity index is 1090. The standard InChI is InChI=1S/C22H28ClN3O5S/c23-16-8-11-19-18(13-16)25-22(31-19)15-6-9-17(10-7-15)24-20(27)5-2-12-32(29,30)26-21(28)14-3-1-4-14/h8,11,13-15,17H,1-7,9-10,12H2,(H,24,27)(H,26,28). The smallest absolute Gasteiger partial charge is 0.236 e.